The summed E-state index contributed by atoms with van der Waals surface area (Å²) in [6.07, 6.45) is 1.84. The molecule has 0 atom stereocenters. The van der Waals surface area contributed by atoms with Gasteiger partial charge in [0.25, 0.3) is 0 Å². The summed E-state index contributed by atoms with van der Waals surface area (Å²) in [7, 11) is 0. The molecule has 0 unspecified atom stereocenters. The first-order valence-corrected chi connectivity index (χ1v) is 9.79. The van der Waals surface area contributed by atoms with Gasteiger partial charge >= 0.3 is 0 Å². The van der Waals surface area contributed by atoms with Gasteiger partial charge in [-0.2, -0.15) is 5.10 Å². The molecule has 3 aromatic rings. The first-order chi connectivity index (χ1) is 13.6. The Morgan fingerprint density at radius 1 is 0.964 bits per heavy atom. The Morgan fingerprint density at radius 3 is 2.29 bits per heavy atom. The van der Waals surface area contributed by atoms with Crippen molar-refractivity contribution in [2.24, 2.45) is 5.10 Å². The number of nitrogens with one attached hydrogen (secondary N) is 1. The molecule has 0 aliphatic rings. The van der Waals surface area contributed by atoms with Crippen LogP contribution in [-0.2, 0) is 17.8 Å². The minimum atomic E-state index is -0.187. The fraction of sp³-hybridized carbons (Fsp3) is 0.0909. The van der Waals surface area contributed by atoms with Gasteiger partial charge in [0.1, 0.15) is 12.4 Å². The van der Waals surface area contributed by atoms with Crippen molar-refractivity contribution in [1.29, 1.82) is 0 Å². The van der Waals surface area contributed by atoms with Crippen LogP contribution < -0.4 is 10.2 Å². The van der Waals surface area contributed by atoms with E-state index in [1.807, 2.05) is 60.7 Å². The van der Waals surface area contributed by atoms with Crippen LogP contribution in [0.3, 0.4) is 0 Å². The van der Waals surface area contributed by atoms with Crippen molar-refractivity contribution in [1.82, 2.24) is 5.43 Å². The van der Waals surface area contributed by atoms with Gasteiger partial charge in [-0.3, -0.25) is 4.79 Å². The number of carbonyl (C=O) groups excluding carboxylic acids is 1. The molecule has 0 aromatic heterocycles. The third kappa shape index (κ3) is 6.51. The van der Waals surface area contributed by atoms with Crippen molar-refractivity contribution >= 4 is 39.7 Å². The van der Waals surface area contributed by atoms with Gasteiger partial charge in [0, 0.05) is 9.50 Å². The Labute approximate surface area is 177 Å². The second kappa shape index (κ2) is 10.1. The molecule has 4 nitrogen and oxygen atoms in total. The number of benzene rings is 3. The second-order valence-corrected chi connectivity index (χ2v) is 7.43. The van der Waals surface area contributed by atoms with Crippen LogP contribution in [0.2, 0.25) is 5.02 Å². The number of halogens is 2. The van der Waals surface area contributed by atoms with Crippen LogP contribution in [0.4, 0.5) is 0 Å². The Morgan fingerprint density at radius 2 is 1.61 bits per heavy atom. The predicted octanol–water partition coefficient (Wildman–Crippen LogP) is 5.37. The molecule has 0 heterocycles. The molecule has 6 heteroatoms. The van der Waals surface area contributed by atoms with Crippen LogP contribution in [0.25, 0.3) is 0 Å². The highest BCUT2D eigenvalue weighted by atomic mass is 79.9. The van der Waals surface area contributed by atoms with Gasteiger partial charge in [-0.05, 0) is 65.2 Å². The van der Waals surface area contributed by atoms with Gasteiger partial charge in [0.05, 0.1) is 12.6 Å². The maximum Gasteiger partial charge on any atom is 0.244 e. The molecular weight excluding hydrogens is 440 g/mol. The maximum atomic E-state index is 11.9. The summed E-state index contributed by atoms with van der Waals surface area (Å²) in [5.74, 6) is 0.583. The molecule has 0 bridgehead atoms. The van der Waals surface area contributed by atoms with E-state index in [0.29, 0.717) is 11.6 Å². The van der Waals surface area contributed by atoms with Gasteiger partial charge in [0.15, 0.2) is 0 Å². The molecule has 3 rings (SSSR count). The lowest BCUT2D eigenvalue weighted by atomic mass is 10.1. The number of rotatable bonds is 7. The predicted molar refractivity (Wildman–Crippen MR) is 116 cm³/mol. The summed E-state index contributed by atoms with van der Waals surface area (Å²) in [5.41, 5.74) is 5.36. The summed E-state index contributed by atoms with van der Waals surface area (Å²) in [4.78, 5) is 11.9. The third-order valence-electron chi connectivity index (χ3n) is 3.88. The van der Waals surface area contributed by atoms with Crippen molar-refractivity contribution in [2.75, 3.05) is 0 Å². The van der Waals surface area contributed by atoms with Gasteiger partial charge in [-0.1, -0.05) is 51.8 Å². The summed E-state index contributed by atoms with van der Waals surface area (Å²) >= 11 is 9.25. The zero-order valence-electron chi connectivity index (χ0n) is 14.9. The number of hydrogen-bond acceptors (Lipinski definition) is 3. The standard InChI is InChI=1S/C22H18BrClN2O2/c23-19-7-1-18(2-8-19)15-28-21-11-5-17(6-12-21)14-25-26-22(27)13-16-3-9-20(24)10-4-16/h1-12,14H,13,15H2,(H,26,27)/b25-14-. The highest BCUT2D eigenvalue weighted by Gasteiger charge is 2.02. The molecular formula is C22H18BrClN2O2. The van der Waals surface area contributed by atoms with Gasteiger partial charge in [0.2, 0.25) is 5.91 Å². The second-order valence-electron chi connectivity index (χ2n) is 6.08. The minimum absolute atomic E-state index is 0.187. The van der Waals surface area contributed by atoms with E-state index in [1.165, 1.54) is 0 Å². The molecule has 0 saturated heterocycles. The number of hydrogen-bond donors (Lipinski definition) is 1. The molecule has 28 heavy (non-hydrogen) atoms. The Bertz CT molecular complexity index is 940. The summed E-state index contributed by atoms with van der Waals surface area (Å²) < 4.78 is 6.81. The molecule has 0 aliphatic carbocycles. The highest BCUT2D eigenvalue weighted by Crippen LogP contribution is 2.15. The van der Waals surface area contributed by atoms with Crippen molar-refractivity contribution in [3.05, 3.63) is 99.0 Å². The minimum Gasteiger partial charge on any atom is -0.489 e. The molecule has 0 fully saturated rings. The van der Waals surface area contributed by atoms with E-state index >= 15 is 0 Å². The van der Waals surface area contributed by atoms with Gasteiger partial charge < -0.3 is 4.74 Å². The lowest BCUT2D eigenvalue weighted by Gasteiger charge is -2.06. The maximum absolute atomic E-state index is 11.9. The van der Waals surface area contributed by atoms with E-state index in [9.17, 15) is 4.79 Å². The zero-order valence-corrected chi connectivity index (χ0v) is 17.3. The first-order valence-electron chi connectivity index (χ1n) is 8.62. The highest BCUT2D eigenvalue weighted by molar-refractivity contribution is 9.10. The van der Waals surface area contributed by atoms with Crippen molar-refractivity contribution in [3.8, 4) is 5.75 Å². The largest absolute Gasteiger partial charge is 0.489 e. The molecule has 0 spiro atoms. The molecule has 1 amide bonds. The van der Waals surface area contributed by atoms with Gasteiger partial charge in [-0.15, -0.1) is 0 Å². The fourth-order valence-electron chi connectivity index (χ4n) is 2.40. The van der Waals surface area contributed by atoms with Crippen LogP contribution in [-0.4, -0.2) is 12.1 Å². The SMILES string of the molecule is O=C(Cc1ccc(Cl)cc1)N/N=C\c1ccc(OCc2ccc(Br)cc2)cc1. The van der Waals surface area contributed by atoms with E-state index in [-0.39, 0.29) is 12.3 Å². The number of ether oxygens (including phenoxy) is 1. The number of hydrazone groups is 1. The molecule has 0 radical (unpaired) electrons. The van der Waals surface area contributed by atoms with E-state index in [2.05, 4.69) is 26.5 Å². The molecule has 3 aromatic carbocycles. The molecule has 142 valence electrons. The fourth-order valence-corrected chi connectivity index (χ4v) is 2.79. The van der Waals surface area contributed by atoms with E-state index in [0.717, 1.165) is 26.9 Å². The summed E-state index contributed by atoms with van der Waals surface area (Å²) in [6, 6.07) is 22.6. The van der Waals surface area contributed by atoms with E-state index < -0.39 is 0 Å². The zero-order chi connectivity index (χ0) is 19.8. The van der Waals surface area contributed by atoms with Crippen molar-refractivity contribution < 1.29 is 9.53 Å². The van der Waals surface area contributed by atoms with Crippen molar-refractivity contribution in [2.45, 2.75) is 13.0 Å². The van der Waals surface area contributed by atoms with Crippen LogP contribution in [0.1, 0.15) is 16.7 Å². The van der Waals surface area contributed by atoms with E-state index in [4.69, 9.17) is 16.3 Å². The van der Waals surface area contributed by atoms with Crippen LogP contribution >= 0.6 is 27.5 Å². The first kappa shape index (κ1) is 20.1. The summed E-state index contributed by atoms with van der Waals surface area (Å²) in [5, 5.41) is 4.64. The average molecular weight is 458 g/mol. The van der Waals surface area contributed by atoms with Gasteiger partial charge in [-0.25, -0.2) is 5.43 Å². The van der Waals surface area contributed by atoms with Crippen LogP contribution in [0.15, 0.2) is 82.4 Å². The van der Waals surface area contributed by atoms with E-state index in [1.54, 1.807) is 18.3 Å². The summed E-state index contributed by atoms with van der Waals surface area (Å²) in [6.45, 7) is 0.501. The molecule has 0 aliphatic heterocycles. The van der Waals surface area contributed by atoms with Crippen LogP contribution in [0, 0.1) is 0 Å². The monoisotopic (exact) mass is 456 g/mol. The number of amides is 1. The third-order valence-corrected chi connectivity index (χ3v) is 4.66. The van der Waals surface area contributed by atoms with Crippen LogP contribution in [0.5, 0.6) is 5.75 Å². The average Bonchev–Trinajstić information content (AvgIpc) is 2.70. The normalized spacial score (nSPS) is 10.8. The Hall–Kier alpha value is -2.63. The number of nitrogens with zero attached hydrogens (tertiary/aromatic N) is 1. The Kier molecular flexibility index (Phi) is 7.23. The topological polar surface area (TPSA) is 50.7 Å². The molecule has 1 N–H and O–H groups in total. The van der Waals surface area contributed by atoms with Crippen molar-refractivity contribution in [3.63, 3.8) is 0 Å². The quantitative estimate of drug-likeness (QED) is 0.383. The lowest BCUT2D eigenvalue weighted by Crippen LogP contribution is -2.19. The lowest BCUT2D eigenvalue weighted by molar-refractivity contribution is -0.120. The number of carbonyl (C=O) groups is 1. The molecule has 0 saturated carbocycles. The smallest absolute Gasteiger partial charge is 0.244 e. The Balaban J connectivity index is 1.45.